The monoisotopic (exact) mass is 346 g/mol. The molecule has 6 nitrogen and oxygen atoms in total. The number of carbonyl (C=O) groups excluding carboxylic acids is 2. The molecule has 1 N–H and O–H groups in total. The number of ether oxygens (including phenoxy) is 2. The minimum absolute atomic E-state index is 0.0830. The Balaban J connectivity index is 2.25. The summed E-state index contributed by atoms with van der Waals surface area (Å²) in [5.41, 5.74) is 1.86. The van der Waals surface area contributed by atoms with Gasteiger partial charge in [-0.25, -0.2) is 0 Å². The number of nitrogens with one attached hydrogen (secondary N) is 1. The second-order valence-corrected chi connectivity index (χ2v) is 6.95. The number of nitrogens with zero attached hydrogens (tertiary/aromatic N) is 1. The van der Waals surface area contributed by atoms with Gasteiger partial charge in [0.25, 0.3) is 0 Å². The number of likely N-dealkylation sites (N-methyl/N-ethyl adjacent to an activating group) is 1. The van der Waals surface area contributed by atoms with Crippen LogP contribution in [-0.2, 0) is 15.0 Å². The molecule has 1 saturated carbocycles. The molecule has 1 aliphatic heterocycles. The SMILES string of the molecule is CNC(=O)C1c2cc(OC)c(OC)cc2C2(CCCC2)CN1C(C)=O. The standard InChI is InChI=1S/C19H26N2O4/c1-12(22)21-11-19(7-5-6-8-19)14-10-16(25-4)15(24-3)9-13(14)17(21)18(23)20-2/h9-10,17H,5-8,11H2,1-4H3,(H,20,23). The highest BCUT2D eigenvalue weighted by molar-refractivity contribution is 5.89. The highest BCUT2D eigenvalue weighted by atomic mass is 16.5. The first-order valence-electron chi connectivity index (χ1n) is 8.72. The summed E-state index contributed by atoms with van der Waals surface area (Å²) < 4.78 is 10.9. The van der Waals surface area contributed by atoms with Gasteiger partial charge in [-0.1, -0.05) is 12.8 Å². The predicted octanol–water partition coefficient (Wildman–Crippen LogP) is 2.16. The molecule has 136 valence electrons. The van der Waals surface area contributed by atoms with Crippen molar-refractivity contribution in [1.82, 2.24) is 10.2 Å². The molecule has 2 amide bonds. The molecule has 1 aromatic carbocycles. The van der Waals surface area contributed by atoms with Crippen molar-refractivity contribution < 1.29 is 19.1 Å². The summed E-state index contributed by atoms with van der Waals surface area (Å²) in [6, 6.07) is 3.24. The highest BCUT2D eigenvalue weighted by Gasteiger charge is 2.48. The van der Waals surface area contributed by atoms with Crippen LogP contribution in [0.2, 0.25) is 0 Å². The predicted molar refractivity (Wildman–Crippen MR) is 93.9 cm³/mol. The molecule has 1 aliphatic carbocycles. The smallest absolute Gasteiger partial charge is 0.247 e. The third-order valence-corrected chi connectivity index (χ3v) is 5.67. The van der Waals surface area contributed by atoms with Gasteiger partial charge in [-0.05, 0) is 36.1 Å². The molecule has 25 heavy (non-hydrogen) atoms. The first kappa shape index (κ1) is 17.6. The molecule has 1 atom stereocenters. The third-order valence-electron chi connectivity index (χ3n) is 5.67. The zero-order valence-corrected chi connectivity index (χ0v) is 15.3. The molecule has 6 heteroatoms. The maximum absolute atomic E-state index is 12.6. The summed E-state index contributed by atoms with van der Waals surface area (Å²) in [6.45, 7) is 2.10. The van der Waals surface area contributed by atoms with E-state index >= 15 is 0 Å². The number of hydrogen-bond donors (Lipinski definition) is 1. The molecule has 0 radical (unpaired) electrons. The lowest BCUT2D eigenvalue weighted by molar-refractivity contribution is -0.141. The first-order chi connectivity index (χ1) is 12.0. The Labute approximate surface area is 148 Å². The molecule has 0 saturated heterocycles. The first-order valence-corrected chi connectivity index (χ1v) is 8.72. The van der Waals surface area contributed by atoms with E-state index in [0.717, 1.165) is 36.8 Å². The molecule has 1 aromatic rings. The topological polar surface area (TPSA) is 67.9 Å². The Morgan fingerprint density at radius 1 is 1.16 bits per heavy atom. The molecule has 3 rings (SSSR count). The van der Waals surface area contributed by atoms with E-state index in [9.17, 15) is 9.59 Å². The van der Waals surface area contributed by atoms with E-state index in [1.54, 1.807) is 26.2 Å². The average Bonchev–Trinajstić information content (AvgIpc) is 3.08. The van der Waals surface area contributed by atoms with Crippen molar-refractivity contribution in [1.29, 1.82) is 0 Å². The Morgan fingerprint density at radius 2 is 1.76 bits per heavy atom. The number of amides is 2. The molecule has 1 heterocycles. The van der Waals surface area contributed by atoms with Crippen molar-refractivity contribution in [3.8, 4) is 11.5 Å². The van der Waals surface area contributed by atoms with Gasteiger partial charge in [-0.3, -0.25) is 9.59 Å². The summed E-state index contributed by atoms with van der Waals surface area (Å²) in [5, 5.41) is 2.70. The van der Waals surface area contributed by atoms with E-state index < -0.39 is 6.04 Å². The van der Waals surface area contributed by atoms with Gasteiger partial charge in [0.1, 0.15) is 6.04 Å². The van der Waals surface area contributed by atoms with Crippen molar-refractivity contribution in [3.63, 3.8) is 0 Å². The van der Waals surface area contributed by atoms with Gasteiger partial charge in [0, 0.05) is 25.9 Å². The fraction of sp³-hybridized carbons (Fsp3) is 0.579. The molecule has 0 aromatic heterocycles. The van der Waals surface area contributed by atoms with Crippen molar-refractivity contribution in [2.24, 2.45) is 0 Å². The van der Waals surface area contributed by atoms with E-state index in [0.29, 0.717) is 18.0 Å². The molecule has 2 aliphatic rings. The lowest BCUT2D eigenvalue weighted by Gasteiger charge is -2.46. The average molecular weight is 346 g/mol. The van der Waals surface area contributed by atoms with Crippen LogP contribution in [0.1, 0.15) is 49.8 Å². The van der Waals surface area contributed by atoms with Crippen LogP contribution in [0, 0.1) is 0 Å². The van der Waals surface area contributed by atoms with Crippen LogP contribution in [0.3, 0.4) is 0 Å². The van der Waals surface area contributed by atoms with E-state index in [1.165, 1.54) is 6.92 Å². The van der Waals surface area contributed by atoms with Gasteiger partial charge in [0.15, 0.2) is 11.5 Å². The fourth-order valence-corrected chi connectivity index (χ4v) is 4.44. The van der Waals surface area contributed by atoms with Gasteiger partial charge >= 0.3 is 0 Å². The fourth-order valence-electron chi connectivity index (χ4n) is 4.44. The van der Waals surface area contributed by atoms with Crippen molar-refractivity contribution in [2.75, 3.05) is 27.8 Å². The Bertz CT molecular complexity index is 695. The molecular formula is C19H26N2O4. The van der Waals surface area contributed by atoms with Crippen LogP contribution in [-0.4, -0.2) is 44.5 Å². The van der Waals surface area contributed by atoms with Crippen LogP contribution in [0.4, 0.5) is 0 Å². The minimum atomic E-state index is -0.636. The van der Waals surface area contributed by atoms with Crippen LogP contribution in [0.15, 0.2) is 12.1 Å². The van der Waals surface area contributed by atoms with Crippen LogP contribution in [0.25, 0.3) is 0 Å². The van der Waals surface area contributed by atoms with Crippen LogP contribution < -0.4 is 14.8 Å². The summed E-state index contributed by atoms with van der Waals surface area (Å²) in [5.74, 6) is 0.977. The number of rotatable bonds is 3. The number of carbonyl (C=O) groups is 2. The van der Waals surface area contributed by atoms with Crippen LogP contribution >= 0.6 is 0 Å². The van der Waals surface area contributed by atoms with Gasteiger partial charge in [0.2, 0.25) is 11.8 Å². The number of hydrogen-bond acceptors (Lipinski definition) is 4. The van der Waals surface area contributed by atoms with E-state index in [4.69, 9.17) is 9.47 Å². The van der Waals surface area contributed by atoms with Crippen molar-refractivity contribution in [3.05, 3.63) is 23.3 Å². The zero-order chi connectivity index (χ0) is 18.2. The Kier molecular flexibility index (Phi) is 4.62. The maximum atomic E-state index is 12.6. The van der Waals surface area contributed by atoms with Gasteiger partial charge in [-0.15, -0.1) is 0 Å². The van der Waals surface area contributed by atoms with Gasteiger partial charge < -0.3 is 19.7 Å². The second kappa shape index (κ2) is 6.58. The number of methoxy groups -OCH3 is 2. The summed E-state index contributed by atoms with van der Waals surface area (Å²) in [6.07, 6.45) is 4.29. The van der Waals surface area contributed by atoms with Crippen molar-refractivity contribution in [2.45, 2.75) is 44.1 Å². The quantitative estimate of drug-likeness (QED) is 0.911. The lowest BCUT2D eigenvalue weighted by Crippen LogP contribution is -2.52. The van der Waals surface area contributed by atoms with E-state index in [1.807, 2.05) is 12.1 Å². The highest BCUT2D eigenvalue weighted by Crippen LogP contribution is 2.51. The molecule has 1 spiro atoms. The van der Waals surface area contributed by atoms with Crippen LogP contribution in [0.5, 0.6) is 11.5 Å². The summed E-state index contributed by atoms with van der Waals surface area (Å²) in [4.78, 5) is 26.7. The maximum Gasteiger partial charge on any atom is 0.247 e. The zero-order valence-electron chi connectivity index (χ0n) is 15.3. The van der Waals surface area contributed by atoms with Crippen molar-refractivity contribution >= 4 is 11.8 Å². The largest absolute Gasteiger partial charge is 0.493 e. The summed E-state index contributed by atoms with van der Waals surface area (Å²) >= 11 is 0. The number of fused-ring (bicyclic) bond motifs is 2. The lowest BCUT2D eigenvalue weighted by atomic mass is 9.71. The van der Waals surface area contributed by atoms with Gasteiger partial charge in [-0.2, -0.15) is 0 Å². The van der Waals surface area contributed by atoms with E-state index in [-0.39, 0.29) is 17.2 Å². The molecule has 1 unspecified atom stereocenters. The second-order valence-electron chi connectivity index (χ2n) is 6.95. The van der Waals surface area contributed by atoms with Gasteiger partial charge in [0.05, 0.1) is 14.2 Å². The summed E-state index contributed by atoms with van der Waals surface area (Å²) in [7, 11) is 4.80. The Hall–Kier alpha value is -2.24. The Morgan fingerprint density at radius 3 is 2.28 bits per heavy atom. The van der Waals surface area contributed by atoms with E-state index in [2.05, 4.69) is 5.32 Å². The molecular weight excluding hydrogens is 320 g/mol. The normalized spacial score (nSPS) is 21.0. The molecule has 1 fully saturated rings. The third kappa shape index (κ3) is 2.73. The molecule has 0 bridgehead atoms. The number of benzene rings is 1. The minimum Gasteiger partial charge on any atom is -0.493 e.